The summed E-state index contributed by atoms with van der Waals surface area (Å²) in [7, 11) is 2.20. The van der Waals surface area contributed by atoms with Crippen LogP contribution in [0, 0.1) is 5.92 Å². The molecule has 1 rings (SSSR count). The Hall–Kier alpha value is -0.120. The molecule has 1 fully saturated rings. The Morgan fingerprint density at radius 1 is 1.50 bits per heavy atom. The van der Waals surface area contributed by atoms with Gasteiger partial charge in [0.15, 0.2) is 0 Å². The fraction of sp³-hybridized carbons (Fsp3) is 1.00. The molecule has 2 N–H and O–H groups in total. The monoisotopic (exact) mass is 228 g/mol. The largest absolute Gasteiger partial charge is 0.381 e. The SMILES string of the molecule is CCC(C)(C)N(C)C(CN)C1CCCOC1. The lowest BCUT2D eigenvalue weighted by atomic mass is 9.88. The molecule has 0 spiro atoms. The fourth-order valence-electron chi connectivity index (χ4n) is 2.43. The molecule has 0 radical (unpaired) electrons. The third-order valence-corrected chi connectivity index (χ3v) is 4.30. The van der Waals surface area contributed by atoms with Crippen LogP contribution < -0.4 is 5.73 Å². The molecular formula is C13H28N2O. The summed E-state index contributed by atoms with van der Waals surface area (Å²) in [5, 5.41) is 0. The summed E-state index contributed by atoms with van der Waals surface area (Å²) in [6.07, 6.45) is 3.58. The van der Waals surface area contributed by atoms with Crippen molar-refractivity contribution in [1.29, 1.82) is 0 Å². The van der Waals surface area contributed by atoms with E-state index in [9.17, 15) is 0 Å². The minimum absolute atomic E-state index is 0.224. The molecule has 0 amide bonds. The minimum atomic E-state index is 0.224. The van der Waals surface area contributed by atoms with Crippen molar-refractivity contribution >= 4 is 0 Å². The number of nitrogens with two attached hydrogens (primary N) is 1. The van der Waals surface area contributed by atoms with Crippen molar-refractivity contribution in [3.63, 3.8) is 0 Å². The molecule has 1 aliphatic rings. The maximum absolute atomic E-state index is 5.96. The second-order valence-electron chi connectivity index (χ2n) is 5.56. The minimum Gasteiger partial charge on any atom is -0.381 e. The molecule has 2 unspecified atom stereocenters. The zero-order valence-corrected chi connectivity index (χ0v) is 11.3. The van der Waals surface area contributed by atoms with Gasteiger partial charge in [0.25, 0.3) is 0 Å². The first-order valence-corrected chi connectivity index (χ1v) is 6.53. The zero-order valence-electron chi connectivity index (χ0n) is 11.3. The molecule has 0 aromatic heterocycles. The highest BCUT2D eigenvalue weighted by atomic mass is 16.5. The lowest BCUT2D eigenvalue weighted by Gasteiger charge is -2.44. The molecule has 2 atom stereocenters. The van der Waals surface area contributed by atoms with Crippen LogP contribution in [0.25, 0.3) is 0 Å². The molecule has 1 aliphatic heterocycles. The predicted octanol–water partition coefficient (Wildman–Crippen LogP) is 1.86. The molecule has 0 aromatic rings. The average Bonchev–Trinajstić information content (AvgIpc) is 2.31. The molecule has 1 heterocycles. The first kappa shape index (κ1) is 13.9. The van der Waals surface area contributed by atoms with Gasteiger partial charge in [0, 0.05) is 24.7 Å². The summed E-state index contributed by atoms with van der Waals surface area (Å²) >= 11 is 0. The Labute approximate surface area is 100 Å². The molecular weight excluding hydrogens is 200 g/mol. The smallest absolute Gasteiger partial charge is 0.0509 e. The van der Waals surface area contributed by atoms with Crippen molar-refractivity contribution in [2.75, 3.05) is 26.8 Å². The van der Waals surface area contributed by atoms with E-state index >= 15 is 0 Å². The van der Waals surface area contributed by atoms with Crippen molar-refractivity contribution in [2.24, 2.45) is 11.7 Å². The highest BCUT2D eigenvalue weighted by molar-refractivity contribution is 4.88. The molecule has 3 nitrogen and oxygen atoms in total. The summed E-state index contributed by atoms with van der Waals surface area (Å²) in [4.78, 5) is 2.45. The van der Waals surface area contributed by atoms with Crippen molar-refractivity contribution in [2.45, 2.75) is 51.6 Å². The fourth-order valence-corrected chi connectivity index (χ4v) is 2.43. The van der Waals surface area contributed by atoms with Crippen LogP contribution in [0.15, 0.2) is 0 Å². The molecule has 96 valence electrons. The van der Waals surface area contributed by atoms with E-state index in [4.69, 9.17) is 10.5 Å². The molecule has 0 aliphatic carbocycles. The number of hydrogen-bond acceptors (Lipinski definition) is 3. The maximum atomic E-state index is 5.96. The van der Waals surface area contributed by atoms with Crippen molar-refractivity contribution in [3.05, 3.63) is 0 Å². The lowest BCUT2D eigenvalue weighted by Crippen LogP contribution is -2.54. The van der Waals surface area contributed by atoms with Crippen LogP contribution in [0.3, 0.4) is 0 Å². The van der Waals surface area contributed by atoms with Gasteiger partial charge in [-0.3, -0.25) is 4.90 Å². The van der Waals surface area contributed by atoms with E-state index in [1.165, 1.54) is 12.8 Å². The third-order valence-electron chi connectivity index (χ3n) is 4.30. The van der Waals surface area contributed by atoms with Crippen molar-refractivity contribution < 1.29 is 4.74 Å². The van der Waals surface area contributed by atoms with Gasteiger partial charge in [-0.2, -0.15) is 0 Å². The van der Waals surface area contributed by atoms with Gasteiger partial charge >= 0.3 is 0 Å². The van der Waals surface area contributed by atoms with Crippen molar-refractivity contribution in [1.82, 2.24) is 4.90 Å². The van der Waals surface area contributed by atoms with E-state index in [1.54, 1.807) is 0 Å². The first-order valence-electron chi connectivity index (χ1n) is 6.53. The van der Waals surface area contributed by atoms with E-state index in [1.807, 2.05) is 0 Å². The number of likely N-dealkylation sites (N-methyl/N-ethyl adjacent to an activating group) is 1. The van der Waals surface area contributed by atoms with Crippen LogP contribution in [-0.4, -0.2) is 43.3 Å². The summed E-state index contributed by atoms with van der Waals surface area (Å²) in [5.74, 6) is 0.606. The van der Waals surface area contributed by atoms with E-state index in [-0.39, 0.29) is 5.54 Å². The summed E-state index contributed by atoms with van der Waals surface area (Å²) in [6, 6.07) is 0.454. The second kappa shape index (κ2) is 5.99. The highest BCUT2D eigenvalue weighted by Crippen LogP contribution is 2.26. The Morgan fingerprint density at radius 3 is 2.62 bits per heavy atom. The van der Waals surface area contributed by atoms with E-state index < -0.39 is 0 Å². The van der Waals surface area contributed by atoms with E-state index in [2.05, 4.69) is 32.7 Å². The number of ether oxygens (including phenoxy) is 1. The topological polar surface area (TPSA) is 38.5 Å². The Morgan fingerprint density at radius 2 is 2.19 bits per heavy atom. The summed E-state index contributed by atoms with van der Waals surface area (Å²) in [6.45, 7) is 9.36. The number of nitrogens with zero attached hydrogens (tertiary/aromatic N) is 1. The summed E-state index contributed by atoms with van der Waals surface area (Å²) in [5.41, 5.74) is 6.18. The van der Waals surface area contributed by atoms with Gasteiger partial charge in [-0.1, -0.05) is 6.92 Å². The van der Waals surface area contributed by atoms with E-state index in [0.29, 0.717) is 12.0 Å². The maximum Gasteiger partial charge on any atom is 0.0509 e. The quantitative estimate of drug-likeness (QED) is 0.780. The van der Waals surface area contributed by atoms with Crippen LogP contribution in [0.1, 0.15) is 40.0 Å². The molecule has 0 saturated carbocycles. The van der Waals surface area contributed by atoms with Gasteiger partial charge in [-0.25, -0.2) is 0 Å². The molecule has 3 heteroatoms. The van der Waals surface area contributed by atoms with Crippen LogP contribution >= 0.6 is 0 Å². The van der Waals surface area contributed by atoms with Crippen LogP contribution in [0.2, 0.25) is 0 Å². The molecule has 1 saturated heterocycles. The van der Waals surface area contributed by atoms with Gasteiger partial charge < -0.3 is 10.5 Å². The summed E-state index contributed by atoms with van der Waals surface area (Å²) < 4.78 is 5.58. The zero-order chi connectivity index (χ0) is 12.2. The van der Waals surface area contributed by atoms with Gasteiger partial charge in [0.2, 0.25) is 0 Å². The normalized spacial score (nSPS) is 24.8. The van der Waals surface area contributed by atoms with Crippen LogP contribution in [0.5, 0.6) is 0 Å². The van der Waals surface area contributed by atoms with Gasteiger partial charge in [0.1, 0.15) is 0 Å². The number of rotatable bonds is 5. The Balaban J connectivity index is 2.64. The molecule has 16 heavy (non-hydrogen) atoms. The van der Waals surface area contributed by atoms with Gasteiger partial charge in [0.05, 0.1) is 6.61 Å². The van der Waals surface area contributed by atoms with Crippen molar-refractivity contribution in [3.8, 4) is 0 Å². The molecule has 0 aromatic carbocycles. The van der Waals surface area contributed by atoms with Crippen LogP contribution in [-0.2, 0) is 4.74 Å². The highest BCUT2D eigenvalue weighted by Gasteiger charge is 2.33. The predicted molar refractivity (Wildman–Crippen MR) is 68.5 cm³/mol. The Kier molecular flexibility index (Phi) is 5.22. The van der Waals surface area contributed by atoms with Gasteiger partial charge in [-0.05, 0) is 46.1 Å². The third kappa shape index (κ3) is 3.19. The average molecular weight is 228 g/mol. The second-order valence-corrected chi connectivity index (χ2v) is 5.56. The molecule has 0 bridgehead atoms. The van der Waals surface area contributed by atoms with Crippen LogP contribution in [0.4, 0.5) is 0 Å². The Bertz CT molecular complexity index is 200. The first-order chi connectivity index (χ1) is 7.53. The van der Waals surface area contributed by atoms with Gasteiger partial charge in [-0.15, -0.1) is 0 Å². The van der Waals surface area contributed by atoms with E-state index in [0.717, 1.165) is 26.2 Å². The number of hydrogen-bond donors (Lipinski definition) is 1. The standard InChI is InChI=1S/C13H28N2O/c1-5-13(2,3)15(4)12(9-14)11-7-6-8-16-10-11/h11-12H,5-10,14H2,1-4H3. The lowest BCUT2D eigenvalue weighted by molar-refractivity contribution is -0.00932.